The molecule has 0 fully saturated rings. The third-order valence-corrected chi connectivity index (χ3v) is 4.91. The topological polar surface area (TPSA) is 139 Å². The number of amides is 2. The smallest absolute Gasteiger partial charge is 0.274 e. The van der Waals surface area contributed by atoms with Gasteiger partial charge in [0.25, 0.3) is 11.8 Å². The van der Waals surface area contributed by atoms with Crippen molar-refractivity contribution in [2.75, 3.05) is 6.54 Å². The van der Waals surface area contributed by atoms with Crippen LogP contribution in [0.3, 0.4) is 0 Å². The zero-order valence-corrected chi connectivity index (χ0v) is 17.4. The molecular formula is C22H18FN7O3. The van der Waals surface area contributed by atoms with Gasteiger partial charge in [0.2, 0.25) is 5.89 Å². The van der Waals surface area contributed by atoms with Crippen molar-refractivity contribution in [3.05, 3.63) is 72.1 Å². The van der Waals surface area contributed by atoms with Crippen molar-refractivity contribution in [2.45, 2.75) is 19.4 Å². The largest absolute Gasteiger partial charge is 0.446 e. The molecule has 3 aromatic heterocycles. The van der Waals surface area contributed by atoms with E-state index in [0.29, 0.717) is 23.0 Å². The zero-order valence-electron chi connectivity index (χ0n) is 17.4. The highest BCUT2D eigenvalue weighted by molar-refractivity contribution is 6.06. The van der Waals surface area contributed by atoms with Gasteiger partial charge >= 0.3 is 0 Å². The highest BCUT2D eigenvalue weighted by atomic mass is 19.1. The number of carbonyl (C=O) groups excluding carboxylic acids is 2. The number of rotatable bonds is 7. The molecule has 4 aromatic rings. The predicted octanol–water partition coefficient (Wildman–Crippen LogP) is 2.68. The maximum absolute atomic E-state index is 13.3. The highest BCUT2D eigenvalue weighted by Crippen LogP contribution is 2.23. The monoisotopic (exact) mass is 447 g/mol. The molecule has 0 aliphatic heterocycles. The summed E-state index contributed by atoms with van der Waals surface area (Å²) >= 11 is 0. The van der Waals surface area contributed by atoms with E-state index in [9.17, 15) is 14.0 Å². The van der Waals surface area contributed by atoms with Crippen LogP contribution in [0.15, 0.2) is 53.5 Å². The lowest BCUT2D eigenvalue weighted by Gasteiger charge is -2.13. The van der Waals surface area contributed by atoms with E-state index in [2.05, 4.69) is 25.7 Å². The van der Waals surface area contributed by atoms with Crippen LogP contribution in [-0.2, 0) is 0 Å². The predicted molar refractivity (Wildman–Crippen MR) is 114 cm³/mol. The minimum atomic E-state index is -0.600. The average Bonchev–Trinajstić information content (AvgIpc) is 3.49. The molecule has 0 radical (unpaired) electrons. The molecule has 166 valence electrons. The Morgan fingerprint density at radius 3 is 2.73 bits per heavy atom. The van der Waals surface area contributed by atoms with Crippen molar-refractivity contribution in [2.24, 2.45) is 0 Å². The number of halogens is 1. The van der Waals surface area contributed by atoms with Crippen LogP contribution < -0.4 is 10.6 Å². The third kappa shape index (κ3) is 4.40. The second-order valence-electron chi connectivity index (χ2n) is 7.00. The first-order valence-electron chi connectivity index (χ1n) is 10.0. The summed E-state index contributed by atoms with van der Waals surface area (Å²) in [5, 5.41) is 18.7. The van der Waals surface area contributed by atoms with Crippen LogP contribution in [0.25, 0.3) is 16.6 Å². The van der Waals surface area contributed by atoms with Gasteiger partial charge in [0.15, 0.2) is 5.69 Å². The van der Waals surface area contributed by atoms with E-state index < -0.39 is 17.9 Å². The maximum Gasteiger partial charge on any atom is 0.274 e. The van der Waals surface area contributed by atoms with Crippen molar-refractivity contribution in [3.8, 4) is 11.8 Å². The molecule has 2 N–H and O–H groups in total. The first-order valence-corrected chi connectivity index (χ1v) is 10.0. The molecule has 0 aliphatic rings. The number of hydrogen-bond acceptors (Lipinski definition) is 7. The van der Waals surface area contributed by atoms with Gasteiger partial charge in [-0.05, 0) is 30.7 Å². The molecule has 1 unspecified atom stereocenters. The molecule has 0 aliphatic carbocycles. The van der Waals surface area contributed by atoms with Crippen molar-refractivity contribution in [1.29, 1.82) is 5.26 Å². The Morgan fingerprint density at radius 1 is 1.21 bits per heavy atom. The second kappa shape index (κ2) is 9.27. The molecule has 0 spiro atoms. The van der Waals surface area contributed by atoms with Crippen LogP contribution in [0.1, 0.15) is 46.1 Å². The van der Waals surface area contributed by atoms with Crippen molar-refractivity contribution >= 4 is 22.7 Å². The Hall–Kier alpha value is -4.59. The van der Waals surface area contributed by atoms with E-state index in [4.69, 9.17) is 9.68 Å². The average molecular weight is 447 g/mol. The molecule has 4 rings (SSSR count). The van der Waals surface area contributed by atoms with Gasteiger partial charge in [0, 0.05) is 11.6 Å². The first-order chi connectivity index (χ1) is 16.0. The number of pyridine rings is 1. The molecule has 0 bridgehead atoms. The van der Waals surface area contributed by atoms with Gasteiger partial charge in [-0.25, -0.2) is 14.1 Å². The first kappa shape index (κ1) is 21.6. The summed E-state index contributed by atoms with van der Waals surface area (Å²) in [6.45, 7) is 1.67. The molecule has 10 nitrogen and oxygen atoms in total. The number of hydrogen-bond donors (Lipinski definition) is 2. The summed E-state index contributed by atoms with van der Waals surface area (Å²) < 4.78 is 20.2. The van der Waals surface area contributed by atoms with Gasteiger partial charge in [-0.2, -0.15) is 10.4 Å². The molecule has 2 amide bonds. The van der Waals surface area contributed by atoms with E-state index >= 15 is 0 Å². The van der Waals surface area contributed by atoms with E-state index in [-0.39, 0.29) is 29.5 Å². The van der Waals surface area contributed by atoms with E-state index in [1.165, 1.54) is 24.6 Å². The summed E-state index contributed by atoms with van der Waals surface area (Å²) in [5.74, 6) is -1.17. The number of aromatic nitrogens is 4. The van der Waals surface area contributed by atoms with E-state index in [0.717, 1.165) is 0 Å². The van der Waals surface area contributed by atoms with Gasteiger partial charge in [-0.15, -0.1) is 0 Å². The summed E-state index contributed by atoms with van der Waals surface area (Å²) in [6.07, 6.45) is 6.16. The number of fused-ring (bicyclic) bond motifs is 1. The SMILES string of the molecule is CCC(NC(=O)c1cncc2c1cnn2-c1ccc(F)cc1)c1nc(C(=O)NCC#N)co1. The number of nitrogens with zero attached hydrogens (tertiary/aromatic N) is 5. The number of benzene rings is 1. The highest BCUT2D eigenvalue weighted by Gasteiger charge is 2.23. The quantitative estimate of drug-likeness (QED) is 0.415. The second-order valence-corrected chi connectivity index (χ2v) is 7.00. The van der Waals surface area contributed by atoms with Crippen molar-refractivity contribution < 1.29 is 18.4 Å². The number of nitriles is 1. The van der Waals surface area contributed by atoms with Crippen LogP contribution >= 0.6 is 0 Å². The Morgan fingerprint density at radius 2 is 2.00 bits per heavy atom. The molecule has 1 atom stereocenters. The summed E-state index contributed by atoms with van der Waals surface area (Å²) in [7, 11) is 0. The van der Waals surface area contributed by atoms with E-state index in [1.807, 2.05) is 6.92 Å². The van der Waals surface area contributed by atoms with Crippen molar-refractivity contribution in [3.63, 3.8) is 0 Å². The van der Waals surface area contributed by atoms with Crippen LogP contribution in [0.2, 0.25) is 0 Å². The number of oxazole rings is 1. The van der Waals surface area contributed by atoms with Crippen LogP contribution in [0, 0.1) is 17.1 Å². The number of nitrogens with one attached hydrogen (secondary N) is 2. The Kier molecular flexibility index (Phi) is 6.08. The van der Waals surface area contributed by atoms with Crippen LogP contribution in [0.5, 0.6) is 0 Å². The van der Waals surface area contributed by atoms with Crippen LogP contribution in [-0.4, -0.2) is 38.1 Å². The fourth-order valence-electron chi connectivity index (χ4n) is 3.25. The maximum atomic E-state index is 13.3. The van der Waals surface area contributed by atoms with Crippen molar-refractivity contribution in [1.82, 2.24) is 30.4 Å². The van der Waals surface area contributed by atoms with Gasteiger partial charge in [-0.3, -0.25) is 14.6 Å². The minimum Gasteiger partial charge on any atom is -0.446 e. The molecular weight excluding hydrogens is 429 g/mol. The van der Waals surface area contributed by atoms with Gasteiger partial charge in [0.05, 0.1) is 35.2 Å². The van der Waals surface area contributed by atoms with Gasteiger partial charge in [0.1, 0.15) is 24.7 Å². The molecule has 3 heterocycles. The summed E-state index contributed by atoms with van der Waals surface area (Å²) in [6, 6.07) is 7.01. The lowest BCUT2D eigenvalue weighted by Crippen LogP contribution is -2.29. The standard InChI is InChI=1S/C22H18FN7O3/c1-2-17(22-29-18(12-33-22)21(32)26-8-7-24)28-20(31)16-9-25-11-19-15(16)10-27-30(19)14-5-3-13(23)4-6-14/h3-6,9-12,17H,2,8H2,1H3,(H,26,32)(H,28,31). The fraction of sp³-hybridized carbons (Fsp3) is 0.182. The van der Waals surface area contributed by atoms with Gasteiger partial charge < -0.3 is 15.1 Å². The lowest BCUT2D eigenvalue weighted by atomic mass is 10.1. The molecule has 11 heteroatoms. The van der Waals surface area contributed by atoms with E-state index in [1.54, 1.807) is 35.3 Å². The minimum absolute atomic E-state index is 0.0114. The molecule has 0 saturated heterocycles. The summed E-state index contributed by atoms with van der Waals surface area (Å²) in [4.78, 5) is 33.3. The van der Waals surface area contributed by atoms with Crippen LogP contribution in [0.4, 0.5) is 4.39 Å². The fourth-order valence-corrected chi connectivity index (χ4v) is 3.25. The zero-order chi connectivity index (χ0) is 23.4. The Balaban J connectivity index is 1.57. The Labute approximate surface area is 187 Å². The molecule has 33 heavy (non-hydrogen) atoms. The summed E-state index contributed by atoms with van der Waals surface area (Å²) in [5.41, 5.74) is 1.50. The number of carbonyl (C=O) groups is 2. The third-order valence-electron chi connectivity index (χ3n) is 4.91. The molecule has 1 aromatic carbocycles. The lowest BCUT2D eigenvalue weighted by molar-refractivity contribution is 0.0929. The molecule has 0 saturated carbocycles. The van der Waals surface area contributed by atoms with Gasteiger partial charge in [-0.1, -0.05) is 6.92 Å². The Bertz CT molecular complexity index is 1350. The normalized spacial score (nSPS) is 11.7.